The summed E-state index contributed by atoms with van der Waals surface area (Å²) in [5.74, 6) is 0.868. The van der Waals surface area contributed by atoms with Gasteiger partial charge < -0.3 is 15.4 Å². The number of hydrogen-bond donors (Lipinski definition) is 1. The molecule has 3 rings (SSSR count). The second-order valence-corrected chi connectivity index (χ2v) is 7.28. The maximum atomic E-state index is 12.6. The van der Waals surface area contributed by atoms with Crippen LogP contribution >= 0.6 is 0 Å². The Kier molecular flexibility index (Phi) is 6.82. The molecular formula is C23H28N2O3. The van der Waals surface area contributed by atoms with Crippen molar-refractivity contribution < 1.29 is 14.3 Å². The largest absolute Gasteiger partial charge is 0.494 e. The van der Waals surface area contributed by atoms with Crippen LogP contribution in [0.2, 0.25) is 0 Å². The molecule has 1 heterocycles. The Morgan fingerprint density at radius 1 is 1.04 bits per heavy atom. The number of likely N-dealkylation sites (tertiary alicyclic amines) is 1. The first-order valence-corrected chi connectivity index (χ1v) is 9.93. The molecule has 1 aliphatic heterocycles. The summed E-state index contributed by atoms with van der Waals surface area (Å²) in [4.78, 5) is 26.8. The van der Waals surface area contributed by atoms with Crippen LogP contribution in [0.3, 0.4) is 0 Å². The Labute approximate surface area is 166 Å². The van der Waals surface area contributed by atoms with Crippen molar-refractivity contribution in [2.24, 2.45) is 5.73 Å². The zero-order valence-electron chi connectivity index (χ0n) is 16.3. The molecule has 2 aromatic carbocycles. The average Bonchev–Trinajstić information content (AvgIpc) is 3.13. The van der Waals surface area contributed by atoms with Crippen molar-refractivity contribution in [3.05, 3.63) is 65.7 Å². The quantitative estimate of drug-likeness (QED) is 0.713. The number of carbonyl (C=O) groups excluding carboxylic acids is 2. The van der Waals surface area contributed by atoms with Crippen LogP contribution in [0.5, 0.6) is 5.75 Å². The molecule has 2 aromatic rings. The van der Waals surface area contributed by atoms with Gasteiger partial charge in [0, 0.05) is 43.5 Å². The highest BCUT2D eigenvalue weighted by Crippen LogP contribution is 2.27. The fourth-order valence-corrected chi connectivity index (χ4v) is 3.57. The van der Waals surface area contributed by atoms with E-state index in [-0.39, 0.29) is 36.5 Å². The summed E-state index contributed by atoms with van der Waals surface area (Å²) >= 11 is 0. The normalized spacial score (nSPS) is 18.9. The van der Waals surface area contributed by atoms with Crippen molar-refractivity contribution in [2.45, 2.75) is 38.1 Å². The van der Waals surface area contributed by atoms with Crippen molar-refractivity contribution in [3.8, 4) is 5.75 Å². The summed E-state index contributed by atoms with van der Waals surface area (Å²) in [6, 6.07) is 17.1. The van der Waals surface area contributed by atoms with Crippen molar-refractivity contribution in [1.82, 2.24) is 4.90 Å². The van der Waals surface area contributed by atoms with E-state index >= 15 is 0 Å². The summed E-state index contributed by atoms with van der Waals surface area (Å²) in [6.45, 7) is 3.85. The van der Waals surface area contributed by atoms with E-state index in [1.54, 1.807) is 29.2 Å². The smallest absolute Gasteiger partial charge is 0.223 e. The van der Waals surface area contributed by atoms with Crippen LogP contribution in [0.4, 0.5) is 0 Å². The van der Waals surface area contributed by atoms with Gasteiger partial charge in [0.05, 0.1) is 6.61 Å². The van der Waals surface area contributed by atoms with Crippen molar-refractivity contribution >= 4 is 11.7 Å². The topological polar surface area (TPSA) is 72.6 Å². The Morgan fingerprint density at radius 2 is 1.75 bits per heavy atom. The molecule has 0 saturated carbocycles. The molecule has 5 nitrogen and oxygen atoms in total. The van der Waals surface area contributed by atoms with Gasteiger partial charge in [0.2, 0.25) is 5.91 Å². The lowest BCUT2D eigenvalue weighted by Crippen LogP contribution is -2.32. The lowest BCUT2D eigenvalue weighted by Gasteiger charge is -2.16. The zero-order chi connectivity index (χ0) is 19.9. The summed E-state index contributed by atoms with van der Waals surface area (Å²) in [7, 11) is 0. The second kappa shape index (κ2) is 9.51. The Bertz CT molecular complexity index is 789. The third-order valence-electron chi connectivity index (χ3n) is 5.16. The lowest BCUT2D eigenvalue weighted by molar-refractivity contribution is -0.130. The van der Waals surface area contributed by atoms with E-state index in [1.165, 1.54) is 0 Å². The minimum absolute atomic E-state index is 0.00914. The summed E-state index contributed by atoms with van der Waals surface area (Å²) in [5, 5.41) is 0. The van der Waals surface area contributed by atoms with E-state index in [1.807, 2.05) is 25.1 Å². The Hall–Kier alpha value is -2.66. The first-order chi connectivity index (χ1) is 13.6. The third-order valence-corrected chi connectivity index (χ3v) is 5.16. The van der Waals surface area contributed by atoms with Gasteiger partial charge in [0.15, 0.2) is 5.78 Å². The molecule has 0 unspecified atom stereocenters. The zero-order valence-corrected chi connectivity index (χ0v) is 16.3. The first kappa shape index (κ1) is 20.1. The number of ether oxygens (including phenoxy) is 1. The van der Waals surface area contributed by atoms with Crippen LogP contribution < -0.4 is 10.5 Å². The molecular weight excluding hydrogens is 352 g/mol. The first-order valence-electron chi connectivity index (χ1n) is 9.93. The van der Waals surface area contributed by atoms with Crippen LogP contribution in [-0.2, 0) is 4.79 Å². The van der Waals surface area contributed by atoms with Gasteiger partial charge in [0.25, 0.3) is 0 Å². The highest BCUT2D eigenvalue weighted by Gasteiger charge is 2.33. The molecule has 1 saturated heterocycles. The third kappa shape index (κ3) is 4.98. The van der Waals surface area contributed by atoms with Gasteiger partial charge in [-0.2, -0.15) is 0 Å². The van der Waals surface area contributed by atoms with Crippen LogP contribution in [0, 0.1) is 0 Å². The van der Waals surface area contributed by atoms with Crippen LogP contribution in [0.25, 0.3) is 0 Å². The van der Waals surface area contributed by atoms with Gasteiger partial charge >= 0.3 is 0 Å². The molecule has 1 fully saturated rings. The molecule has 28 heavy (non-hydrogen) atoms. The van der Waals surface area contributed by atoms with Gasteiger partial charge in [0.1, 0.15) is 5.75 Å². The summed E-state index contributed by atoms with van der Waals surface area (Å²) < 4.78 is 5.53. The maximum absolute atomic E-state index is 12.6. The number of amides is 1. The van der Waals surface area contributed by atoms with E-state index in [2.05, 4.69) is 12.1 Å². The molecule has 1 aliphatic rings. The minimum atomic E-state index is -0.0716. The predicted molar refractivity (Wildman–Crippen MR) is 110 cm³/mol. The molecule has 1 amide bonds. The molecule has 0 spiro atoms. The summed E-state index contributed by atoms with van der Waals surface area (Å²) in [6.07, 6.45) is 1.35. The number of nitrogens with two attached hydrogens (primary N) is 1. The Morgan fingerprint density at radius 3 is 2.43 bits per heavy atom. The lowest BCUT2D eigenvalue weighted by atomic mass is 9.95. The fraction of sp³-hybridized carbons (Fsp3) is 0.391. The van der Waals surface area contributed by atoms with Crippen LogP contribution in [-0.4, -0.2) is 42.3 Å². The molecule has 0 radical (unpaired) electrons. The highest BCUT2D eigenvalue weighted by atomic mass is 16.5. The number of ketones is 1. The Balaban J connectivity index is 1.50. The van der Waals surface area contributed by atoms with Gasteiger partial charge in [-0.05, 0) is 36.2 Å². The van der Waals surface area contributed by atoms with Crippen LogP contribution in [0.15, 0.2) is 54.6 Å². The van der Waals surface area contributed by atoms with E-state index in [4.69, 9.17) is 10.5 Å². The van der Waals surface area contributed by atoms with E-state index in [0.29, 0.717) is 25.3 Å². The monoisotopic (exact) mass is 380 g/mol. The van der Waals surface area contributed by atoms with Gasteiger partial charge in [-0.25, -0.2) is 0 Å². The van der Waals surface area contributed by atoms with Crippen molar-refractivity contribution in [3.63, 3.8) is 0 Å². The molecule has 5 heteroatoms. The number of hydrogen-bond acceptors (Lipinski definition) is 4. The van der Waals surface area contributed by atoms with E-state index in [9.17, 15) is 9.59 Å². The molecule has 0 bridgehead atoms. The number of rotatable bonds is 8. The SMILES string of the molecule is CCCOc1ccc(C(=O)CCC(=O)N2C[C@@H](N)[C@H](c3ccccc3)C2)cc1. The number of carbonyl (C=O) groups is 2. The highest BCUT2D eigenvalue weighted by molar-refractivity contribution is 5.98. The summed E-state index contributed by atoms with van der Waals surface area (Å²) in [5.41, 5.74) is 8.03. The molecule has 0 aliphatic carbocycles. The van der Waals surface area contributed by atoms with Gasteiger partial charge in [-0.1, -0.05) is 37.3 Å². The van der Waals surface area contributed by atoms with E-state index < -0.39 is 0 Å². The molecule has 2 atom stereocenters. The molecule has 148 valence electrons. The van der Waals surface area contributed by atoms with Crippen molar-refractivity contribution in [2.75, 3.05) is 19.7 Å². The fourth-order valence-electron chi connectivity index (χ4n) is 3.57. The van der Waals surface area contributed by atoms with E-state index in [0.717, 1.165) is 17.7 Å². The minimum Gasteiger partial charge on any atom is -0.494 e. The van der Waals surface area contributed by atoms with Crippen molar-refractivity contribution in [1.29, 1.82) is 0 Å². The second-order valence-electron chi connectivity index (χ2n) is 7.28. The molecule has 0 aromatic heterocycles. The predicted octanol–water partition coefficient (Wildman–Crippen LogP) is 3.39. The van der Waals surface area contributed by atoms with Gasteiger partial charge in [-0.3, -0.25) is 9.59 Å². The van der Waals surface area contributed by atoms with Crippen LogP contribution in [0.1, 0.15) is 48.0 Å². The standard InChI is InChI=1S/C23H28N2O3/c1-2-14-28-19-10-8-18(9-11-19)22(26)12-13-23(27)25-15-20(21(24)16-25)17-6-4-3-5-7-17/h3-11,20-21H,2,12-16,24H2,1H3/t20-,21+/m0/s1. The number of Topliss-reactive ketones (excluding diaryl/α,β-unsaturated/α-hetero) is 1. The number of nitrogens with zero attached hydrogens (tertiary/aromatic N) is 1. The molecule has 2 N–H and O–H groups in total. The maximum Gasteiger partial charge on any atom is 0.223 e. The van der Waals surface area contributed by atoms with Gasteiger partial charge in [-0.15, -0.1) is 0 Å². The average molecular weight is 380 g/mol. The number of benzene rings is 2.